The maximum Gasteiger partial charge on any atom is 1.00 e. The van der Waals surface area contributed by atoms with Gasteiger partial charge in [0.05, 0.1) is 7.11 Å². The van der Waals surface area contributed by atoms with Crippen LogP contribution in [0.4, 0.5) is 4.79 Å². The number of methoxy groups -OCH3 is 1. The Morgan fingerprint density at radius 3 is 2.48 bits per heavy atom. The second-order valence-corrected chi connectivity index (χ2v) is 8.65. The van der Waals surface area contributed by atoms with Gasteiger partial charge in [-0.05, 0) is 37.7 Å². The molecule has 31 heavy (non-hydrogen) atoms. The molecule has 1 fully saturated rings. The second-order valence-electron chi connectivity index (χ2n) is 8.24. The molecular formula is C23H34ClN2O5+. The number of carbonyl (C=O) groups is 3. The van der Waals surface area contributed by atoms with Crippen LogP contribution in [0, 0.1) is 5.92 Å². The Balaban J connectivity index is 0.00000512. The van der Waals surface area contributed by atoms with Gasteiger partial charge in [-0.15, -0.1) is 5.06 Å². The predicted molar refractivity (Wildman–Crippen MR) is 120 cm³/mol. The van der Waals surface area contributed by atoms with Crippen molar-refractivity contribution in [3.8, 4) is 0 Å². The van der Waals surface area contributed by atoms with Crippen LogP contribution in [0.1, 0.15) is 59.9 Å². The van der Waals surface area contributed by atoms with Crippen molar-refractivity contribution in [1.82, 2.24) is 9.96 Å². The van der Waals surface area contributed by atoms with E-state index in [-0.39, 0.29) is 13.1 Å². The van der Waals surface area contributed by atoms with E-state index >= 15 is 0 Å². The van der Waals surface area contributed by atoms with Crippen LogP contribution in [0.5, 0.6) is 0 Å². The molecule has 0 aliphatic heterocycles. The van der Waals surface area contributed by atoms with E-state index in [1.807, 2.05) is 20.8 Å². The molecule has 2 rings (SSSR count). The molecule has 0 heterocycles. The fraction of sp³-hybridized carbons (Fsp3) is 0.609. The smallest absolute Gasteiger partial charge is 0.468 e. The maximum atomic E-state index is 13.3. The van der Waals surface area contributed by atoms with Crippen LogP contribution < -0.4 is 0 Å². The maximum absolute atomic E-state index is 13.3. The number of amides is 1. The number of benzene rings is 1. The van der Waals surface area contributed by atoms with Gasteiger partial charge in [-0.1, -0.05) is 50.6 Å². The minimum Gasteiger partial charge on any atom is -0.468 e. The van der Waals surface area contributed by atoms with Crippen molar-refractivity contribution in [2.45, 2.75) is 64.5 Å². The van der Waals surface area contributed by atoms with E-state index < -0.39 is 23.6 Å². The van der Waals surface area contributed by atoms with Crippen LogP contribution in [0.2, 0.25) is 5.02 Å². The van der Waals surface area contributed by atoms with E-state index in [1.165, 1.54) is 17.1 Å². The number of carbonyl (C=O) groups excluding carboxylic acids is 3. The molecule has 0 radical (unpaired) electrons. The number of ether oxygens (including phenoxy) is 1. The molecule has 0 unspecified atom stereocenters. The summed E-state index contributed by atoms with van der Waals surface area (Å²) in [6, 6.07) is 6.34. The quantitative estimate of drug-likeness (QED) is 0.420. The zero-order valence-electron chi connectivity index (χ0n) is 20.0. The summed E-state index contributed by atoms with van der Waals surface area (Å²) in [7, 11) is 2.87. The average Bonchev–Trinajstić information content (AvgIpc) is 2.74. The molecule has 1 amide bonds. The van der Waals surface area contributed by atoms with Crippen LogP contribution in [-0.2, 0) is 24.7 Å². The Labute approximate surface area is 191 Å². The number of hydrogen-bond donors (Lipinski definition) is 0. The van der Waals surface area contributed by atoms with Gasteiger partial charge in [0, 0.05) is 30.6 Å². The molecular weight excluding hydrogens is 420 g/mol. The fourth-order valence-electron chi connectivity index (χ4n) is 4.25. The number of esters is 1. The number of hydrogen-bond acceptors (Lipinski definition) is 6. The monoisotopic (exact) mass is 453 g/mol. The Kier molecular flexibility index (Phi) is 8.89. The molecule has 1 aromatic carbocycles. The third kappa shape index (κ3) is 5.21. The Hall–Kier alpha value is -2.12. The first-order valence-electron chi connectivity index (χ1n) is 10.8. The van der Waals surface area contributed by atoms with E-state index in [0.717, 1.165) is 12.8 Å². The van der Waals surface area contributed by atoms with E-state index in [1.54, 1.807) is 31.3 Å². The number of rotatable bonds is 8. The lowest BCUT2D eigenvalue weighted by atomic mass is 9.74. The van der Waals surface area contributed by atoms with Crippen LogP contribution >= 0.6 is 11.6 Å². The summed E-state index contributed by atoms with van der Waals surface area (Å²) in [5.41, 5.74) is -0.610. The van der Waals surface area contributed by atoms with Crippen LogP contribution in [0.15, 0.2) is 24.3 Å². The van der Waals surface area contributed by atoms with Gasteiger partial charge in [-0.2, -0.15) is 0 Å². The standard InChI is InChI=1S/C23H33ClN2O5/c1-6-15-26(20(16(2)3)21(28)30-5)31-22(29)25(4)23(14-10-9-13-19(23)27)17-11-7-8-12-18(17)24/h7-8,11-12,16,20H,6,9-10,13-15H2,1-5H3/p+1/t20-,23-/m0/s1. The zero-order valence-corrected chi connectivity index (χ0v) is 19.8. The van der Waals surface area contributed by atoms with Gasteiger partial charge < -0.3 is 9.57 Å². The molecule has 0 saturated heterocycles. The first kappa shape index (κ1) is 25.1. The molecule has 0 spiro atoms. The lowest BCUT2D eigenvalue weighted by Gasteiger charge is -2.44. The van der Waals surface area contributed by atoms with Gasteiger partial charge in [0.25, 0.3) is 0 Å². The van der Waals surface area contributed by atoms with E-state index in [2.05, 4.69) is 0 Å². The number of Topliss-reactive ketones (excluding diaryl/α,β-unsaturated/α-hetero) is 1. The normalized spacial score (nSPS) is 19.9. The molecule has 2 atom stereocenters. The zero-order chi connectivity index (χ0) is 23.2. The number of halogens is 1. The summed E-state index contributed by atoms with van der Waals surface area (Å²) in [4.78, 5) is 46.0. The van der Waals surface area contributed by atoms with Crippen molar-refractivity contribution in [3.63, 3.8) is 0 Å². The Morgan fingerprint density at radius 1 is 1.26 bits per heavy atom. The highest BCUT2D eigenvalue weighted by molar-refractivity contribution is 6.31. The molecule has 172 valence electrons. The summed E-state index contributed by atoms with van der Waals surface area (Å²) >= 11 is 6.47. The Bertz CT molecular complexity index is 806. The van der Waals surface area contributed by atoms with Crippen LogP contribution in [0.3, 0.4) is 0 Å². The summed E-state index contributed by atoms with van der Waals surface area (Å²) < 4.78 is 4.92. The molecule has 0 N–H and O–H groups in total. The highest BCUT2D eigenvalue weighted by Crippen LogP contribution is 2.42. The Morgan fingerprint density at radius 2 is 1.94 bits per heavy atom. The lowest BCUT2D eigenvalue weighted by molar-refractivity contribution is -0.184. The van der Waals surface area contributed by atoms with Crippen molar-refractivity contribution in [1.29, 1.82) is 0 Å². The molecule has 0 aromatic heterocycles. The predicted octanol–water partition coefficient (Wildman–Crippen LogP) is 4.68. The molecule has 8 heteroatoms. The van der Waals surface area contributed by atoms with Crippen molar-refractivity contribution < 1.29 is 25.4 Å². The van der Waals surface area contributed by atoms with Gasteiger partial charge in [0.1, 0.15) is 11.6 Å². The van der Waals surface area contributed by atoms with Crippen molar-refractivity contribution in [2.75, 3.05) is 20.7 Å². The fourth-order valence-corrected chi connectivity index (χ4v) is 4.54. The topological polar surface area (TPSA) is 76.2 Å². The third-order valence-corrected chi connectivity index (χ3v) is 6.17. The molecule has 1 aliphatic rings. The highest BCUT2D eigenvalue weighted by atomic mass is 35.5. The number of nitrogens with zero attached hydrogens (tertiary/aromatic N) is 2. The van der Waals surface area contributed by atoms with Gasteiger partial charge in [0.15, 0.2) is 5.78 Å². The average molecular weight is 454 g/mol. The molecule has 0 bridgehead atoms. The lowest BCUT2D eigenvalue weighted by Crippen LogP contribution is -2.56. The van der Waals surface area contributed by atoms with Crippen molar-refractivity contribution in [3.05, 3.63) is 34.9 Å². The summed E-state index contributed by atoms with van der Waals surface area (Å²) in [6.07, 6.45) is 2.32. The van der Waals surface area contributed by atoms with Crippen molar-refractivity contribution >= 4 is 29.4 Å². The molecule has 1 aliphatic carbocycles. The first-order chi connectivity index (χ1) is 14.7. The number of ketones is 1. The minimum absolute atomic E-state index is 0. The summed E-state index contributed by atoms with van der Waals surface area (Å²) in [5.74, 6) is -0.693. The van der Waals surface area contributed by atoms with Gasteiger partial charge in [-0.3, -0.25) is 14.5 Å². The van der Waals surface area contributed by atoms with Gasteiger partial charge in [0.2, 0.25) is 0 Å². The number of likely N-dealkylation sites (N-methyl/N-ethyl adjacent to an activating group) is 1. The summed E-state index contributed by atoms with van der Waals surface area (Å²) in [5, 5.41) is 1.79. The molecule has 1 saturated carbocycles. The van der Waals surface area contributed by atoms with Crippen LogP contribution in [-0.4, -0.2) is 54.6 Å². The number of hydroxylamine groups is 2. The van der Waals surface area contributed by atoms with E-state index in [4.69, 9.17) is 21.2 Å². The highest BCUT2D eigenvalue weighted by Gasteiger charge is 2.49. The molecule has 1 aromatic rings. The van der Waals surface area contributed by atoms with E-state index in [9.17, 15) is 14.4 Å². The van der Waals surface area contributed by atoms with Crippen LogP contribution in [0.25, 0.3) is 0 Å². The van der Waals surface area contributed by atoms with E-state index in [0.29, 0.717) is 36.4 Å². The largest absolute Gasteiger partial charge is 1.00 e. The summed E-state index contributed by atoms with van der Waals surface area (Å²) in [6.45, 7) is 6.00. The second kappa shape index (κ2) is 11.0. The minimum atomic E-state index is -1.20. The first-order valence-corrected chi connectivity index (χ1v) is 11.2. The van der Waals surface area contributed by atoms with Gasteiger partial charge in [-0.25, -0.2) is 4.79 Å². The third-order valence-electron chi connectivity index (χ3n) is 5.84. The molecule has 7 nitrogen and oxygen atoms in total. The van der Waals surface area contributed by atoms with Gasteiger partial charge >= 0.3 is 13.5 Å². The SMILES string of the molecule is CCCN(OC(=O)N(C)[C@]1(c2ccccc2Cl)CCCCC1=O)[C@H](C(=O)OC)C(C)C.[H+]. The van der Waals surface area contributed by atoms with Crippen molar-refractivity contribution in [2.24, 2.45) is 5.92 Å².